The average Bonchev–Trinajstić information content (AvgIpc) is 2.17. The Hall–Kier alpha value is -1.05. The Labute approximate surface area is 52.8 Å². The molecule has 1 aromatic rings. The first kappa shape index (κ1) is 6.08. The summed E-state index contributed by atoms with van der Waals surface area (Å²) in [7, 11) is 0. The Morgan fingerprint density at radius 1 is 1.56 bits per heavy atom. The van der Waals surface area contributed by atoms with Crippen LogP contribution in [0, 0.1) is 6.92 Å². The Morgan fingerprint density at radius 3 is 2.78 bits per heavy atom. The molecule has 0 aliphatic carbocycles. The lowest BCUT2D eigenvalue weighted by Gasteiger charge is -1.79. The Kier molecular flexibility index (Phi) is 1.68. The van der Waals surface area contributed by atoms with Crippen LogP contribution < -0.4 is 0 Å². The van der Waals surface area contributed by atoms with Crippen molar-refractivity contribution < 1.29 is 8.81 Å². The summed E-state index contributed by atoms with van der Waals surface area (Å²) in [5.74, 6) is 1.35. The minimum Gasteiger partial charge on any atom is -0.462 e. The molecule has 0 amide bonds. The highest BCUT2D eigenvalue weighted by Gasteiger charge is 1.90. The highest BCUT2D eigenvalue weighted by atomic mass is 19.1. The van der Waals surface area contributed by atoms with E-state index in [4.69, 9.17) is 4.42 Å². The SMILES string of the molecule is Cc1ccc(/C=C/F)o1. The third-order valence-electron chi connectivity index (χ3n) is 0.988. The number of hydrogen-bond acceptors (Lipinski definition) is 1. The molecule has 1 heterocycles. The van der Waals surface area contributed by atoms with E-state index in [2.05, 4.69) is 0 Å². The van der Waals surface area contributed by atoms with Crippen LogP contribution >= 0.6 is 0 Å². The quantitative estimate of drug-likeness (QED) is 0.563. The fraction of sp³-hybridized carbons (Fsp3) is 0.143. The van der Waals surface area contributed by atoms with E-state index in [1.54, 1.807) is 12.1 Å². The highest BCUT2D eigenvalue weighted by molar-refractivity contribution is 5.40. The second-order valence-corrected chi connectivity index (χ2v) is 1.74. The van der Waals surface area contributed by atoms with Gasteiger partial charge in [0.2, 0.25) is 0 Å². The van der Waals surface area contributed by atoms with Crippen LogP contribution in [-0.2, 0) is 0 Å². The molecule has 0 aromatic carbocycles. The van der Waals surface area contributed by atoms with Crippen molar-refractivity contribution in [3.8, 4) is 0 Å². The average molecular weight is 126 g/mol. The van der Waals surface area contributed by atoms with Crippen molar-refractivity contribution in [1.29, 1.82) is 0 Å². The lowest BCUT2D eigenvalue weighted by atomic mass is 10.4. The van der Waals surface area contributed by atoms with Gasteiger partial charge in [-0.3, -0.25) is 0 Å². The van der Waals surface area contributed by atoms with Crippen LogP contribution in [0.3, 0.4) is 0 Å². The van der Waals surface area contributed by atoms with Crippen molar-refractivity contribution in [2.75, 3.05) is 0 Å². The Bertz CT molecular complexity index is 212. The van der Waals surface area contributed by atoms with Gasteiger partial charge in [0.1, 0.15) is 11.5 Å². The molecule has 1 nitrogen and oxygen atoms in total. The van der Waals surface area contributed by atoms with Gasteiger partial charge in [0.05, 0.1) is 6.33 Å². The number of rotatable bonds is 1. The van der Waals surface area contributed by atoms with Crippen molar-refractivity contribution in [3.05, 3.63) is 30.0 Å². The Morgan fingerprint density at radius 2 is 2.33 bits per heavy atom. The van der Waals surface area contributed by atoms with E-state index in [0.717, 1.165) is 5.76 Å². The number of halogens is 1. The molecule has 0 saturated heterocycles. The van der Waals surface area contributed by atoms with E-state index in [1.807, 2.05) is 6.92 Å². The molecule has 0 aliphatic heterocycles. The molecule has 0 unspecified atom stereocenters. The molecule has 0 N–H and O–H groups in total. The molecule has 1 aromatic heterocycles. The molecule has 0 atom stereocenters. The smallest absolute Gasteiger partial charge is 0.129 e. The predicted molar refractivity (Wildman–Crippen MR) is 33.6 cm³/mol. The van der Waals surface area contributed by atoms with Crippen molar-refractivity contribution in [1.82, 2.24) is 0 Å². The van der Waals surface area contributed by atoms with Gasteiger partial charge in [0, 0.05) is 6.08 Å². The number of aryl methyl sites for hydroxylation is 1. The summed E-state index contributed by atoms with van der Waals surface area (Å²) in [6.45, 7) is 1.82. The summed E-state index contributed by atoms with van der Waals surface area (Å²) in [6, 6.07) is 3.50. The summed E-state index contributed by atoms with van der Waals surface area (Å²) in [5, 5.41) is 0. The minimum atomic E-state index is 0.457. The van der Waals surface area contributed by atoms with Crippen LogP contribution in [0.2, 0.25) is 0 Å². The number of hydrogen-bond donors (Lipinski definition) is 0. The molecule has 0 saturated carbocycles. The van der Waals surface area contributed by atoms with Crippen molar-refractivity contribution >= 4 is 6.08 Å². The summed E-state index contributed by atoms with van der Waals surface area (Å²) >= 11 is 0. The molecule has 1 rings (SSSR count). The van der Waals surface area contributed by atoms with Crippen LogP contribution in [0.4, 0.5) is 4.39 Å². The van der Waals surface area contributed by atoms with Gasteiger partial charge < -0.3 is 4.42 Å². The molecule has 2 heteroatoms. The molecule has 0 bridgehead atoms. The maximum absolute atomic E-state index is 11.4. The van der Waals surface area contributed by atoms with Crippen LogP contribution in [0.15, 0.2) is 22.9 Å². The first-order valence-corrected chi connectivity index (χ1v) is 2.66. The number of furan rings is 1. The second-order valence-electron chi connectivity index (χ2n) is 1.74. The van der Waals surface area contributed by atoms with Crippen LogP contribution in [0.25, 0.3) is 6.08 Å². The first-order valence-electron chi connectivity index (χ1n) is 2.66. The summed E-state index contributed by atoms with van der Waals surface area (Å²) < 4.78 is 16.4. The van der Waals surface area contributed by atoms with Crippen LogP contribution in [0.1, 0.15) is 11.5 Å². The van der Waals surface area contributed by atoms with E-state index in [-0.39, 0.29) is 0 Å². The van der Waals surface area contributed by atoms with Gasteiger partial charge in [0.15, 0.2) is 0 Å². The maximum Gasteiger partial charge on any atom is 0.129 e. The molecule has 0 radical (unpaired) electrons. The standard InChI is InChI=1S/C7H7FO/c1-6-2-3-7(9-6)4-5-8/h2-5H,1H3/b5-4+. The lowest BCUT2D eigenvalue weighted by molar-refractivity contribution is 0.524. The summed E-state index contributed by atoms with van der Waals surface area (Å²) in [5.41, 5.74) is 0. The van der Waals surface area contributed by atoms with Crippen molar-refractivity contribution in [3.63, 3.8) is 0 Å². The van der Waals surface area contributed by atoms with Gasteiger partial charge >= 0.3 is 0 Å². The largest absolute Gasteiger partial charge is 0.462 e. The van der Waals surface area contributed by atoms with E-state index in [9.17, 15) is 4.39 Å². The van der Waals surface area contributed by atoms with E-state index >= 15 is 0 Å². The molecular formula is C7H7FO. The van der Waals surface area contributed by atoms with Crippen molar-refractivity contribution in [2.45, 2.75) is 6.92 Å². The zero-order valence-corrected chi connectivity index (χ0v) is 5.10. The van der Waals surface area contributed by atoms with Crippen LogP contribution in [0.5, 0.6) is 0 Å². The molecule has 0 aliphatic rings. The lowest BCUT2D eigenvalue weighted by Crippen LogP contribution is -1.56. The Balaban J connectivity index is 2.85. The minimum absolute atomic E-state index is 0.457. The third-order valence-corrected chi connectivity index (χ3v) is 0.988. The monoisotopic (exact) mass is 126 g/mol. The van der Waals surface area contributed by atoms with Gasteiger partial charge in [-0.25, -0.2) is 4.39 Å². The fourth-order valence-corrected chi connectivity index (χ4v) is 0.605. The molecule has 0 spiro atoms. The third kappa shape index (κ3) is 1.42. The zero-order chi connectivity index (χ0) is 6.69. The van der Waals surface area contributed by atoms with Gasteiger partial charge in [-0.05, 0) is 19.1 Å². The summed E-state index contributed by atoms with van der Waals surface area (Å²) in [4.78, 5) is 0. The second kappa shape index (κ2) is 2.49. The van der Waals surface area contributed by atoms with E-state index < -0.39 is 0 Å². The molecular weight excluding hydrogens is 119 g/mol. The first-order chi connectivity index (χ1) is 4.33. The molecule has 9 heavy (non-hydrogen) atoms. The van der Waals surface area contributed by atoms with Crippen LogP contribution in [-0.4, -0.2) is 0 Å². The molecule has 48 valence electrons. The van der Waals surface area contributed by atoms with Crippen molar-refractivity contribution in [2.24, 2.45) is 0 Å². The van der Waals surface area contributed by atoms with Gasteiger partial charge in [-0.2, -0.15) is 0 Å². The maximum atomic E-state index is 11.4. The predicted octanol–water partition coefficient (Wildman–Crippen LogP) is 2.53. The summed E-state index contributed by atoms with van der Waals surface area (Å²) in [6.07, 6.45) is 1.73. The normalized spacial score (nSPS) is 10.9. The van der Waals surface area contributed by atoms with E-state index in [1.165, 1.54) is 6.08 Å². The zero-order valence-electron chi connectivity index (χ0n) is 5.10. The highest BCUT2D eigenvalue weighted by Crippen LogP contribution is 2.07. The van der Waals surface area contributed by atoms with E-state index in [0.29, 0.717) is 12.1 Å². The topological polar surface area (TPSA) is 13.1 Å². The van der Waals surface area contributed by atoms with Gasteiger partial charge in [0.25, 0.3) is 0 Å². The fourth-order valence-electron chi connectivity index (χ4n) is 0.605. The van der Waals surface area contributed by atoms with Gasteiger partial charge in [-0.1, -0.05) is 0 Å². The van der Waals surface area contributed by atoms with Gasteiger partial charge in [-0.15, -0.1) is 0 Å². The molecule has 0 fully saturated rings.